The van der Waals surface area contributed by atoms with Crippen molar-refractivity contribution in [2.24, 2.45) is 0 Å². The summed E-state index contributed by atoms with van der Waals surface area (Å²) in [6, 6.07) is 6.71. The molecule has 0 aliphatic rings. The Morgan fingerprint density at radius 2 is 2.04 bits per heavy atom. The van der Waals surface area contributed by atoms with Crippen LogP contribution in [0.2, 0.25) is 5.02 Å². The Hall–Kier alpha value is -1.99. The molecular weight excluding hydrogens is 352 g/mol. The predicted octanol–water partition coefficient (Wildman–Crippen LogP) is 2.75. The third-order valence-corrected chi connectivity index (χ3v) is 4.85. The van der Waals surface area contributed by atoms with Gasteiger partial charge in [-0.05, 0) is 43.2 Å². The maximum absolute atomic E-state index is 12.2. The maximum atomic E-state index is 12.2. The van der Waals surface area contributed by atoms with Gasteiger partial charge < -0.3 is 9.73 Å². The maximum Gasteiger partial charge on any atom is 0.287 e. The molecule has 8 heteroatoms. The summed E-state index contributed by atoms with van der Waals surface area (Å²) in [5, 5.41) is 2.98. The Kier molecular flexibility index (Phi) is 5.56. The van der Waals surface area contributed by atoms with Crippen molar-refractivity contribution in [3.63, 3.8) is 0 Å². The van der Waals surface area contributed by atoms with Crippen LogP contribution in [0.5, 0.6) is 0 Å². The van der Waals surface area contributed by atoms with E-state index in [4.69, 9.17) is 16.0 Å². The lowest BCUT2D eigenvalue weighted by molar-refractivity contribution is 0.0927. The molecule has 0 aliphatic heterocycles. The van der Waals surface area contributed by atoms with Crippen LogP contribution in [0, 0.1) is 13.8 Å². The van der Waals surface area contributed by atoms with Crippen LogP contribution in [0.15, 0.2) is 34.9 Å². The van der Waals surface area contributed by atoms with Gasteiger partial charge in [-0.25, -0.2) is 8.42 Å². The number of sulfonamides is 1. The fourth-order valence-corrected chi connectivity index (χ4v) is 3.90. The average molecular weight is 371 g/mol. The van der Waals surface area contributed by atoms with Crippen molar-refractivity contribution >= 4 is 33.2 Å². The molecule has 1 amide bonds. The van der Waals surface area contributed by atoms with Gasteiger partial charge in [0.1, 0.15) is 0 Å². The number of rotatable bonds is 6. The number of furan rings is 1. The molecule has 1 N–H and O–H groups in total. The second kappa shape index (κ2) is 7.27. The Morgan fingerprint density at radius 1 is 1.33 bits per heavy atom. The SMILES string of the molecule is Cc1cc(C)c(N(CCNC(=O)c2ccco2)S(C)(=O)=O)c(Cl)c1. The minimum Gasteiger partial charge on any atom is -0.459 e. The summed E-state index contributed by atoms with van der Waals surface area (Å²) in [4.78, 5) is 11.9. The first kappa shape index (κ1) is 18.4. The van der Waals surface area contributed by atoms with Crippen LogP contribution in [0.1, 0.15) is 21.7 Å². The van der Waals surface area contributed by atoms with E-state index in [2.05, 4.69) is 5.32 Å². The highest BCUT2D eigenvalue weighted by atomic mass is 35.5. The molecule has 24 heavy (non-hydrogen) atoms. The smallest absolute Gasteiger partial charge is 0.287 e. The Morgan fingerprint density at radius 3 is 2.58 bits per heavy atom. The minimum absolute atomic E-state index is 0.0644. The van der Waals surface area contributed by atoms with Gasteiger partial charge in [0.15, 0.2) is 5.76 Å². The van der Waals surface area contributed by atoms with Gasteiger partial charge in [-0.15, -0.1) is 0 Å². The molecule has 0 aliphatic carbocycles. The Bertz CT molecular complexity index is 809. The number of hydrogen-bond acceptors (Lipinski definition) is 4. The fourth-order valence-electron chi connectivity index (χ4n) is 2.43. The second-order valence-corrected chi connectivity index (χ2v) is 7.79. The van der Waals surface area contributed by atoms with Gasteiger partial charge >= 0.3 is 0 Å². The van der Waals surface area contributed by atoms with E-state index in [1.165, 1.54) is 16.6 Å². The third-order valence-electron chi connectivity index (χ3n) is 3.39. The lowest BCUT2D eigenvalue weighted by Crippen LogP contribution is -2.38. The van der Waals surface area contributed by atoms with Crippen LogP contribution >= 0.6 is 11.6 Å². The van der Waals surface area contributed by atoms with Gasteiger partial charge in [0.2, 0.25) is 10.0 Å². The minimum atomic E-state index is -3.55. The van der Waals surface area contributed by atoms with E-state index in [1.54, 1.807) is 19.1 Å². The molecule has 1 heterocycles. The van der Waals surface area contributed by atoms with Crippen molar-refractivity contribution in [2.45, 2.75) is 13.8 Å². The molecule has 0 unspecified atom stereocenters. The van der Waals surface area contributed by atoms with Gasteiger partial charge in [0.25, 0.3) is 5.91 Å². The number of aryl methyl sites for hydroxylation is 2. The summed E-state index contributed by atoms with van der Waals surface area (Å²) in [6.07, 6.45) is 2.50. The van der Waals surface area contributed by atoms with Gasteiger partial charge in [-0.3, -0.25) is 9.10 Å². The zero-order valence-corrected chi connectivity index (χ0v) is 15.2. The summed E-state index contributed by atoms with van der Waals surface area (Å²) < 4.78 is 30.5. The Labute approximate surface area is 146 Å². The van der Waals surface area contributed by atoms with Crippen molar-refractivity contribution in [1.82, 2.24) is 5.32 Å². The molecule has 2 rings (SSSR count). The van der Waals surface area contributed by atoms with Crippen LogP contribution < -0.4 is 9.62 Å². The third kappa shape index (κ3) is 4.30. The number of nitrogens with zero attached hydrogens (tertiary/aromatic N) is 1. The predicted molar refractivity (Wildman–Crippen MR) is 94.2 cm³/mol. The molecule has 0 fully saturated rings. The van der Waals surface area contributed by atoms with Crippen molar-refractivity contribution < 1.29 is 17.6 Å². The molecule has 1 aromatic heterocycles. The number of amides is 1. The summed E-state index contributed by atoms with van der Waals surface area (Å²) in [6.45, 7) is 3.87. The first-order valence-corrected chi connectivity index (χ1v) is 9.49. The molecule has 0 bridgehead atoms. The number of carbonyl (C=O) groups is 1. The summed E-state index contributed by atoms with van der Waals surface area (Å²) >= 11 is 6.25. The molecule has 0 spiro atoms. The van der Waals surface area contributed by atoms with Crippen LogP contribution in [0.3, 0.4) is 0 Å². The van der Waals surface area contributed by atoms with E-state index >= 15 is 0 Å². The summed E-state index contributed by atoms with van der Waals surface area (Å²) in [5.41, 5.74) is 2.13. The van der Waals surface area contributed by atoms with E-state index in [1.807, 2.05) is 13.0 Å². The van der Waals surface area contributed by atoms with Crippen LogP contribution in [0.4, 0.5) is 5.69 Å². The van der Waals surface area contributed by atoms with Crippen molar-refractivity contribution in [2.75, 3.05) is 23.7 Å². The van der Waals surface area contributed by atoms with Crippen molar-refractivity contribution in [1.29, 1.82) is 0 Å². The normalized spacial score (nSPS) is 11.3. The van der Waals surface area contributed by atoms with Gasteiger partial charge in [-0.2, -0.15) is 0 Å². The number of benzene rings is 1. The number of nitrogens with one attached hydrogen (secondary N) is 1. The summed E-state index contributed by atoms with van der Waals surface area (Å²) in [7, 11) is -3.55. The quantitative estimate of drug-likeness (QED) is 0.847. The van der Waals surface area contributed by atoms with E-state index in [-0.39, 0.29) is 18.8 Å². The van der Waals surface area contributed by atoms with Crippen LogP contribution in [-0.2, 0) is 10.0 Å². The average Bonchev–Trinajstić information content (AvgIpc) is 2.97. The topological polar surface area (TPSA) is 79.6 Å². The van der Waals surface area contributed by atoms with Crippen molar-refractivity contribution in [3.05, 3.63) is 52.4 Å². The molecule has 0 radical (unpaired) electrons. The highest BCUT2D eigenvalue weighted by molar-refractivity contribution is 7.92. The first-order chi connectivity index (χ1) is 11.2. The van der Waals surface area contributed by atoms with Gasteiger partial charge in [0, 0.05) is 6.54 Å². The fraction of sp³-hybridized carbons (Fsp3) is 0.312. The highest BCUT2D eigenvalue weighted by Crippen LogP contribution is 2.32. The van der Waals surface area contributed by atoms with Crippen molar-refractivity contribution in [3.8, 4) is 0 Å². The molecule has 1 aromatic carbocycles. The second-order valence-electron chi connectivity index (χ2n) is 5.48. The van der Waals surface area contributed by atoms with Gasteiger partial charge in [0.05, 0.1) is 29.8 Å². The number of hydrogen-bond donors (Lipinski definition) is 1. The number of halogens is 1. The largest absolute Gasteiger partial charge is 0.459 e. The summed E-state index contributed by atoms with van der Waals surface area (Å²) in [5.74, 6) is -0.231. The lowest BCUT2D eigenvalue weighted by atomic mass is 10.1. The zero-order valence-electron chi connectivity index (χ0n) is 13.7. The van der Waals surface area contributed by atoms with E-state index in [0.717, 1.165) is 17.4 Å². The first-order valence-electron chi connectivity index (χ1n) is 7.26. The molecule has 6 nitrogen and oxygen atoms in total. The highest BCUT2D eigenvalue weighted by Gasteiger charge is 2.22. The molecular formula is C16H19ClN2O4S. The molecule has 0 saturated carbocycles. The molecule has 0 atom stereocenters. The van der Waals surface area contributed by atoms with Gasteiger partial charge in [-0.1, -0.05) is 17.7 Å². The van der Waals surface area contributed by atoms with Crippen LogP contribution in [-0.4, -0.2) is 33.7 Å². The lowest BCUT2D eigenvalue weighted by Gasteiger charge is -2.25. The van der Waals surface area contributed by atoms with E-state index in [0.29, 0.717) is 10.7 Å². The number of carbonyl (C=O) groups excluding carboxylic acids is 1. The molecule has 130 valence electrons. The van der Waals surface area contributed by atoms with E-state index in [9.17, 15) is 13.2 Å². The van der Waals surface area contributed by atoms with Crippen LogP contribution in [0.25, 0.3) is 0 Å². The standard InChI is InChI=1S/C16H19ClN2O4S/c1-11-9-12(2)15(13(17)10-11)19(24(3,21)22)7-6-18-16(20)14-5-4-8-23-14/h4-5,8-10H,6-7H2,1-3H3,(H,18,20). The molecule has 2 aromatic rings. The van der Waals surface area contributed by atoms with E-state index < -0.39 is 15.9 Å². The zero-order chi connectivity index (χ0) is 17.9. The molecule has 0 saturated heterocycles. The Balaban J connectivity index is 2.18. The monoisotopic (exact) mass is 370 g/mol. The number of anilines is 1.